The summed E-state index contributed by atoms with van der Waals surface area (Å²) in [5.41, 5.74) is 1.93. The van der Waals surface area contributed by atoms with Crippen LogP contribution in [0.4, 0.5) is 0 Å². The van der Waals surface area contributed by atoms with E-state index in [0.717, 1.165) is 42.8 Å². The summed E-state index contributed by atoms with van der Waals surface area (Å²) in [7, 11) is 0. The van der Waals surface area contributed by atoms with Crippen LogP contribution in [0.25, 0.3) is 0 Å². The standard InChI is InChI=1S/C18H28N2O2.ClH/c1-13-7-8-14(16(10-13)22-18(2,3)4)12-20-17(21)15-6-5-9-19-11-15;/h7-8,10,15,19H,5-6,9,11-12H2,1-4H3,(H,20,21);1H. The molecule has 1 amide bonds. The number of nitrogens with one attached hydrogen (secondary N) is 2. The molecule has 4 nitrogen and oxygen atoms in total. The number of hydrogen-bond acceptors (Lipinski definition) is 3. The first-order chi connectivity index (χ1) is 10.3. The van der Waals surface area contributed by atoms with Crippen molar-refractivity contribution in [2.75, 3.05) is 13.1 Å². The number of ether oxygens (including phenoxy) is 1. The first kappa shape index (κ1) is 19.8. The van der Waals surface area contributed by atoms with Crippen LogP contribution >= 0.6 is 12.4 Å². The minimum absolute atomic E-state index is 0. The summed E-state index contributed by atoms with van der Waals surface area (Å²) in [6.45, 7) is 10.5. The first-order valence-electron chi connectivity index (χ1n) is 8.12. The highest BCUT2D eigenvalue weighted by atomic mass is 35.5. The van der Waals surface area contributed by atoms with E-state index in [1.54, 1.807) is 0 Å². The molecule has 0 bridgehead atoms. The van der Waals surface area contributed by atoms with Crippen LogP contribution in [0.5, 0.6) is 5.75 Å². The Balaban J connectivity index is 0.00000264. The van der Waals surface area contributed by atoms with Gasteiger partial charge in [-0.3, -0.25) is 4.79 Å². The van der Waals surface area contributed by atoms with Gasteiger partial charge in [0.1, 0.15) is 11.4 Å². The molecule has 0 saturated carbocycles. The zero-order valence-corrected chi connectivity index (χ0v) is 15.4. The second-order valence-corrected chi connectivity index (χ2v) is 7.09. The largest absolute Gasteiger partial charge is 0.488 e. The molecule has 130 valence electrons. The Kier molecular flexibility index (Phi) is 7.36. The maximum atomic E-state index is 12.2. The van der Waals surface area contributed by atoms with Crippen molar-refractivity contribution in [2.24, 2.45) is 5.92 Å². The molecule has 0 spiro atoms. The van der Waals surface area contributed by atoms with Crippen molar-refractivity contribution in [2.45, 2.75) is 52.7 Å². The van der Waals surface area contributed by atoms with Gasteiger partial charge in [0.2, 0.25) is 5.91 Å². The normalized spacial score (nSPS) is 18.0. The van der Waals surface area contributed by atoms with Gasteiger partial charge in [-0.25, -0.2) is 0 Å². The molecule has 5 heteroatoms. The minimum atomic E-state index is -0.250. The van der Waals surface area contributed by atoms with Gasteiger partial charge >= 0.3 is 0 Å². The van der Waals surface area contributed by atoms with Crippen LogP contribution in [0.15, 0.2) is 18.2 Å². The Morgan fingerprint density at radius 2 is 2.13 bits per heavy atom. The van der Waals surface area contributed by atoms with Crippen LogP contribution in [0.1, 0.15) is 44.7 Å². The van der Waals surface area contributed by atoms with E-state index in [1.165, 1.54) is 0 Å². The molecule has 1 aliphatic rings. The average molecular weight is 341 g/mol. The summed E-state index contributed by atoms with van der Waals surface area (Å²) in [5, 5.41) is 6.33. The minimum Gasteiger partial charge on any atom is -0.488 e. The molecule has 23 heavy (non-hydrogen) atoms. The van der Waals surface area contributed by atoms with Crippen molar-refractivity contribution in [3.63, 3.8) is 0 Å². The van der Waals surface area contributed by atoms with E-state index in [0.29, 0.717) is 6.54 Å². The lowest BCUT2D eigenvalue weighted by Gasteiger charge is -2.25. The Labute approximate surface area is 145 Å². The summed E-state index contributed by atoms with van der Waals surface area (Å²) in [5.74, 6) is 1.08. The number of amides is 1. The highest BCUT2D eigenvalue weighted by molar-refractivity contribution is 5.85. The maximum absolute atomic E-state index is 12.2. The number of carbonyl (C=O) groups excluding carboxylic acids is 1. The second-order valence-electron chi connectivity index (χ2n) is 7.09. The smallest absolute Gasteiger partial charge is 0.224 e. The third-order valence-electron chi connectivity index (χ3n) is 3.76. The van der Waals surface area contributed by atoms with Crippen molar-refractivity contribution < 1.29 is 9.53 Å². The summed E-state index contributed by atoms with van der Waals surface area (Å²) in [6.07, 6.45) is 2.04. The quantitative estimate of drug-likeness (QED) is 0.884. The lowest BCUT2D eigenvalue weighted by Crippen LogP contribution is -2.40. The van der Waals surface area contributed by atoms with E-state index in [4.69, 9.17) is 4.74 Å². The molecule has 1 aliphatic heterocycles. The molecular formula is C18H29ClN2O2. The molecule has 1 atom stereocenters. The predicted octanol–water partition coefficient (Wildman–Crippen LogP) is 3.21. The van der Waals surface area contributed by atoms with Crippen LogP contribution in [0, 0.1) is 12.8 Å². The summed E-state index contributed by atoms with van der Waals surface area (Å²) in [4.78, 5) is 12.2. The van der Waals surface area contributed by atoms with Gasteiger partial charge in [0, 0.05) is 18.7 Å². The van der Waals surface area contributed by atoms with Crippen molar-refractivity contribution in [1.82, 2.24) is 10.6 Å². The Morgan fingerprint density at radius 1 is 1.39 bits per heavy atom. The van der Waals surface area contributed by atoms with E-state index in [9.17, 15) is 4.79 Å². The van der Waals surface area contributed by atoms with Gasteiger partial charge in [-0.2, -0.15) is 0 Å². The van der Waals surface area contributed by atoms with Crippen molar-refractivity contribution >= 4 is 18.3 Å². The van der Waals surface area contributed by atoms with Crippen LogP contribution in [0.3, 0.4) is 0 Å². The fourth-order valence-electron chi connectivity index (χ4n) is 2.63. The molecule has 2 rings (SSSR count). The van der Waals surface area contributed by atoms with Crippen molar-refractivity contribution in [3.8, 4) is 5.75 Å². The van der Waals surface area contributed by atoms with Gasteiger partial charge in [-0.15, -0.1) is 12.4 Å². The molecule has 1 aromatic carbocycles. The molecule has 2 N–H and O–H groups in total. The summed E-state index contributed by atoms with van der Waals surface area (Å²) in [6, 6.07) is 6.13. The topological polar surface area (TPSA) is 50.4 Å². The molecule has 1 aromatic rings. The summed E-state index contributed by atoms with van der Waals surface area (Å²) < 4.78 is 6.03. The maximum Gasteiger partial charge on any atom is 0.224 e. The lowest BCUT2D eigenvalue weighted by atomic mass is 9.99. The molecule has 0 radical (unpaired) electrons. The fraction of sp³-hybridized carbons (Fsp3) is 0.611. The van der Waals surface area contributed by atoms with Gasteiger partial charge in [-0.1, -0.05) is 12.1 Å². The van der Waals surface area contributed by atoms with E-state index >= 15 is 0 Å². The number of piperidine rings is 1. The van der Waals surface area contributed by atoms with Crippen LogP contribution in [0.2, 0.25) is 0 Å². The lowest BCUT2D eigenvalue weighted by molar-refractivity contribution is -0.125. The zero-order chi connectivity index (χ0) is 16.2. The SMILES string of the molecule is Cc1ccc(CNC(=O)C2CCCNC2)c(OC(C)(C)C)c1.Cl. The molecule has 1 unspecified atom stereocenters. The number of rotatable bonds is 4. The third kappa shape index (κ3) is 6.40. The number of carbonyl (C=O) groups is 1. The van der Waals surface area contributed by atoms with Gasteiger partial charge < -0.3 is 15.4 Å². The van der Waals surface area contributed by atoms with Crippen LogP contribution in [-0.2, 0) is 11.3 Å². The molecule has 0 aromatic heterocycles. The molecular weight excluding hydrogens is 312 g/mol. The van der Waals surface area contributed by atoms with Gasteiger partial charge in [0.05, 0.1) is 5.92 Å². The van der Waals surface area contributed by atoms with Gasteiger partial charge in [0.15, 0.2) is 0 Å². The zero-order valence-electron chi connectivity index (χ0n) is 14.6. The number of aryl methyl sites for hydroxylation is 1. The Morgan fingerprint density at radius 3 is 2.74 bits per heavy atom. The number of benzene rings is 1. The van der Waals surface area contributed by atoms with Gasteiger partial charge in [-0.05, 0) is 58.7 Å². The number of hydrogen-bond donors (Lipinski definition) is 2. The summed E-state index contributed by atoms with van der Waals surface area (Å²) >= 11 is 0. The van der Waals surface area contributed by atoms with E-state index in [-0.39, 0.29) is 29.8 Å². The van der Waals surface area contributed by atoms with Crippen LogP contribution in [-0.4, -0.2) is 24.6 Å². The molecule has 0 aliphatic carbocycles. The highest BCUT2D eigenvalue weighted by Crippen LogP contribution is 2.25. The third-order valence-corrected chi connectivity index (χ3v) is 3.76. The first-order valence-corrected chi connectivity index (χ1v) is 8.12. The fourth-order valence-corrected chi connectivity index (χ4v) is 2.63. The van der Waals surface area contributed by atoms with Gasteiger partial charge in [0.25, 0.3) is 0 Å². The Bertz CT molecular complexity index is 520. The number of halogens is 1. The van der Waals surface area contributed by atoms with Crippen molar-refractivity contribution in [3.05, 3.63) is 29.3 Å². The van der Waals surface area contributed by atoms with E-state index < -0.39 is 0 Å². The van der Waals surface area contributed by atoms with Crippen LogP contribution < -0.4 is 15.4 Å². The average Bonchev–Trinajstić information content (AvgIpc) is 2.45. The monoisotopic (exact) mass is 340 g/mol. The van der Waals surface area contributed by atoms with Crippen molar-refractivity contribution in [1.29, 1.82) is 0 Å². The molecule has 1 heterocycles. The van der Waals surface area contributed by atoms with E-state index in [2.05, 4.69) is 16.7 Å². The highest BCUT2D eigenvalue weighted by Gasteiger charge is 2.21. The predicted molar refractivity (Wildman–Crippen MR) is 96.2 cm³/mol. The van der Waals surface area contributed by atoms with E-state index in [1.807, 2.05) is 39.8 Å². The molecule has 1 saturated heterocycles. The Hall–Kier alpha value is -1.26. The second kappa shape index (κ2) is 8.55. The molecule has 1 fully saturated rings.